The van der Waals surface area contributed by atoms with Crippen molar-refractivity contribution in [1.82, 2.24) is 0 Å². The van der Waals surface area contributed by atoms with Crippen LogP contribution < -0.4 is 9.47 Å². The standard InChI is InChI=1S/C15H16O3S/c1-10-4-6-12(19-10)8-11-5-7-14(17-2)15(18-3)13(11)9-16/h4-7,9H,8H2,1-3H3. The minimum Gasteiger partial charge on any atom is -0.493 e. The van der Waals surface area contributed by atoms with Crippen molar-refractivity contribution in [2.24, 2.45) is 0 Å². The molecule has 0 fully saturated rings. The maximum atomic E-state index is 11.3. The van der Waals surface area contributed by atoms with Crippen LogP contribution in [-0.4, -0.2) is 20.5 Å². The molecule has 1 aromatic heterocycles. The van der Waals surface area contributed by atoms with Gasteiger partial charge in [0.15, 0.2) is 17.8 Å². The SMILES string of the molecule is COc1ccc(Cc2ccc(C)s2)c(C=O)c1OC. The highest BCUT2D eigenvalue weighted by Gasteiger charge is 2.15. The van der Waals surface area contributed by atoms with E-state index in [1.165, 1.54) is 9.75 Å². The molecule has 0 saturated heterocycles. The Labute approximate surface area is 116 Å². The molecule has 1 heterocycles. The summed E-state index contributed by atoms with van der Waals surface area (Å²) in [4.78, 5) is 13.8. The van der Waals surface area contributed by atoms with Crippen molar-refractivity contribution < 1.29 is 14.3 Å². The first kappa shape index (κ1) is 13.6. The summed E-state index contributed by atoms with van der Waals surface area (Å²) in [6.45, 7) is 2.07. The van der Waals surface area contributed by atoms with E-state index < -0.39 is 0 Å². The van der Waals surface area contributed by atoms with Gasteiger partial charge < -0.3 is 9.47 Å². The van der Waals surface area contributed by atoms with Gasteiger partial charge in [0.25, 0.3) is 0 Å². The largest absolute Gasteiger partial charge is 0.493 e. The highest BCUT2D eigenvalue weighted by Crippen LogP contribution is 2.33. The first-order valence-electron chi connectivity index (χ1n) is 5.94. The summed E-state index contributed by atoms with van der Waals surface area (Å²) in [7, 11) is 3.11. The first-order chi connectivity index (χ1) is 9.19. The van der Waals surface area contributed by atoms with Crippen LogP contribution in [0, 0.1) is 6.92 Å². The second-order valence-electron chi connectivity index (χ2n) is 4.18. The summed E-state index contributed by atoms with van der Waals surface area (Å²) >= 11 is 1.74. The van der Waals surface area contributed by atoms with Gasteiger partial charge in [0.2, 0.25) is 0 Å². The lowest BCUT2D eigenvalue weighted by molar-refractivity contribution is 0.111. The number of benzene rings is 1. The van der Waals surface area contributed by atoms with Crippen molar-refractivity contribution in [3.63, 3.8) is 0 Å². The molecule has 1 aromatic carbocycles. The molecule has 0 radical (unpaired) electrons. The van der Waals surface area contributed by atoms with Crippen LogP contribution in [0.2, 0.25) is 0 Å². The van der Waals surface area contributed by atoms with Gasteiger partial charge in [-0.15, -0.1) is 11.3 Å². The van der Waals surface area contributed by atoms with E-state index in [0.717, 1.165) is 18.3 Å². The van der Waals surface area contributed by atoms with E-state index in [-0.39, 0.29) is 0 Å². The lowest BCUT2D eigenvalue weighted by Crippen LogP contribution is -2.00. The summed E-state index contributed by atoms with van der Waals surface area (Å²) in [5.41, 5.74) is 1.52. The van der Waals surface area contributed by atoms with E-state index >= 15 is 0 Å². The number of aryl methyl sites for hydroxylation is 1. The van der Waals surface area contributed by atoms with Gasteiger partial charge >= 0.3 is 0 Å². The Morgan fingerprint density at radius 2 is 1.95 bits per heavy atom. The van der Waals surface area contributed by atoms with Gasteiger partial charge in [0.1, 0.15) is 0 Å². The lowest BCUT2D eigenvalue weighted by atomic mass is 10.0. The molecule has 0 spiro atoms. The van der Waals surface area contributed by atoms with Crippen LogP contribution in [0.5, 0.6) is 11.5 Å². The summed E-state index contributed by atoms with van der Waals surface area (Å²) in [5.74, 6) is 1.08. The van der Waals surface area contributed by atoms with Crippen LogP contribution in [0.15, 0.2) is 24.3 Å². The predicted molar refractivity (Wildman–Crippen MR) is 76.8 cm³/mol. The number of hydrogen-bond acceptors (Lipinski definition) is 4. The molecule has 100 valence electrons. The molecule has 0 aliphatic heterocycles. The minimum atomic E-state index is 0.503. The van der Waals surface area contributed by atoms with Crippen molar-refractivity contribution in [3.8, 4) is 11.5 Å². The quantitative estimate of drug-likeness (QED) is 0.784. The van der Waals surface area contributed by atoms with Crippen LogP contribution in [0.3, 0.4) is 0 Å². The third-order valence-electron chi connectivity index (χ3n) is 2.95. The number of carbonyl (C=O) groups is 1. The molecule has 2 aromatic rings. The number of aldehydes is 1. The third-order valence-corrected chi connectivity index (χ3v) is 3.95. The molecular weight excluding hydrogens is 260 g/mol. The zero-order valence-corrected chi connectivity index (χ0v) is 12.0. The fourth-order valence-electron chi connectivity index (χ4n) is 2.04. The highest BCUT2D eigenvalue weighted by atomic mass is 32.1. The van der Waals surface area contributed by atoms with E-state index in [0.29, 0.717) is 17.1 Å². The molecule has 0 atom stereocenters. The zero-order valence-electron chi connectivity index (χ0n) is 11.2. The number of carbonyl (C=O) groups excluding carboxylic acids is 1. The molecule has 0 bridgehead atoms. The predicted octanol–water partition coefficient (Wildman–Crippen LogP) is 3.48. The van der Waals surface area contributed by atoms with Gasteiger partial charge in [-0.25, -0.2) is 0 Å². The summed E-state index contributed by atoms with van der Waals surface area (Å²) < 4.78 is 10.5. The van der Waals surface area contributed by atoms with Crippen LogP contribution >= 0.6 is 11.3 Å². The average molecular weight is 276 g/mol. The normalized spacial score (nSPS) is 10.3. The van der Waals surface area contributed by atoms with E-state index in [2.05, 4.69) is 19.1 Å². The van der Waals surface area contributed by atoms with E-state index in [1.54, 1.807) is 25.6 Å². The average Bonchev–Trinajstić information content (AvgIpc) is 2.83. The molecule has 0 N–H and O–H groups in total. The van der Waals surface area contributed by atoms with Crippen LogP contribution in [0.4, 0.5) is 0 Å². The Kier molecular flexibility index (Phi) is 4.22. The molecular formula is C15H16O3S. The molecule has 0 aliphatic carbocycles. The first-order valence-corrected chi connectivity index (χ1v) is 6.75. The van der Waals surface area contributed by atoms with Gasteiger partial charge in [-0.05, 0) is 30.7 Å². The number of thiophene rings is 1. The summed E-state index contributed by atoms with van der Waals surface area (Å²) in [5, 5.41) is 0. The summed E-state index contributed by atoms with van der Waals surface area (Å²) in [6.07, 6.45) is 1.56. The fraction of sp³-hybridized carbons (Fsp3) is 0.267. The van der Waals surface area contributed by atoms with Gasteiger partial charge in [-0.2, -0.15) is 0 Å². The number of ether oxygens (including phenoxy) is 2. The topological polar surface area (TPSA) is 35.5 Å². The number of hydrogen-bond donors (Lipinski definition) is 0. The van der Waals surface area contributed by atoms with Gasteiger partial charge in [-0.1, -0.05) is 6.07 Å². The fourth-order valence-corrected chi connectivity index (χ4v) is 2.96. The van der Waals surface area contributed by atoms with Crippen molar-refractivity contribution in [2.75, 3.05) is 14.2 Å². The molecule has 3 nitrogen and oxygen atoms in total. The molecule has 2 rings (SSSR count). The van der Waals surface area contributed by atoms with Crippen molar-refractivity contribution in [2.45, 2.75) is 13.3 Å². The maximum Gasteiger partial charge on any atom is 0.171 e. The second kappa shape index (κ2) is 5.89. The Balaban J connectivity index is 2.42. The summed E-state index contributed by atoms with van der Waals surface area (Å²) in [6, 6.07) is 7.93. The monoisotopic (exact) mass is 276 g/mol. The van der Waals surface area contributed by atoms with Gasteiger partial charge in [-0.3, -0.25) is 4.79 Å². The molecule has 0 unspecified atom stereocenters. The lowest BCUT2D eigenvalue weighted by Gasteiger charge is -2.12. The molecule has 0 amide bonds. The third kappa shape index (κ3) is 2.79. The van der Waals surface area contributed by atoms with Gasteiger partial charge in [0.05, 0.1) is 19.8 Å². The number of rotatable bonds is 5. The second-order valence-corrected chi connectivity index (χ2v) is 5.55. The van der Waals surface area contributed by atoms with Crippen molar-refractivity contribution in [3.05, 3.63) is 45.1 Å². The molecule has 19 heavy (non-hydrogen) atoms. The van der Waals surface area contributed by atoms with E-state index in [4.69, 9.17) is 9.47 Å². The van der Waals surface area contributed by atoms with Crippen LogP contribution in [0.1, 0.15) is 25.7 Å². The van der Waals surface area contributed by atoms with Crippen molar-refractivity contribution >= 4 is 17.6 Å². The molecule has 0 saturated carbocycles. The molecule has 4 heteroatoms. The smallest absolute Gasteiger partial charge is 0.171 e. The van der Waals surface area contributed by atoms with E-state index in [1.807, 2.05) is 12.1 Å². The van der Waals surface area contributed by atoms with E-state index in [9.17, 15) is 4.79 Å². The Morgan fingerprint density at radius 1 is 1.16 bits per heavy atom. The minimum absolute atomic E-state index is 0.503. The zero-order chi connectivity index (χ0) is 13.8. The molecule has 0 aliphatic rings. The van der Waals surface area contributed by atoms with Crippen molar-refractivity contribution in [1.29, 1.82) is 0 Å². The maximum absolute atomic E-state index is 11.3. The van der Waals surface area contributed by atoms with Gasteiger partial charge in [0, 0.05) is 16.2 Å². The Hall–Kier alpha value is -1.81. The Bertz CT molecular complexity index is 587. The number of methoxy groups -OCH3 is 2. The van der Waals surface area contributed by atoms with Crippen LogP contribution in [0.25, 0.3) is 0 Å². The van der Waals surface area contributed by atoms with Crippen LogP contribution in [-0.2, 0) is 6.42 Å². The highest BCUT2D eigenvalue weighted by molar-refractivity contribution is 7.11. The Morgan fingerprint density at radius 3 is 2.47 bits per heavy atom.